The van der Waals surface area contributed by atoms with E-state index < -0.39 is 21.6 Å². The molecule has 0 aliphatic carbocycles. The van der Waals surface area contributed by atoms with Gasteiger partial charge in [0.05, 0.1) is 18.6 Å². The van der Waals surface area contributed by atoms with Gasteiger partial charge in [0.15, 0.2) is 15.6 Å². The zero-order valence-corrected chi connectivity index (χ0v) is 12.3. The molecule has 0 saturated carbocycles. The van der Waals surface area contributed by atoms with E-state index in [4.69, 9.17) is 4.74 Å². The predicted octanol–water partition coefficient (Wildman–Crippen LogP) is 1.65. The Morgan fingerprint density at radius 1 is 1.21 bits per heavy atom. The van der Waals surface area contributed by atoms with E-state index in [1.807, 2.05) is 0 Å². The highest BCUT2D eigenvalue weighted by molar-refractivity contribution is 7.92. The number of hydrogen-bond acceptors (Lipinski definition) is 5. The van der Waals surface area contributed by atoms with Crippen LogP contribution in [0.15, 0.2) is 17.0 Å². The van der Waals surface area contributed by atoms with E-state index in [-0.39, 0.29) is 11.5 Å². The maximum atomic E-state index is 12.2. The number of esters is 1. The molecular formula is C13H18O5S. The van der Waals surface area contributed by atoms with Crippen molar-refractivity contribution < 1.29 is 22.7 Å². The van der Waals surface area contributed by atoms with Gasteiger partial charge < -0.3 is 9.47 Å². The second kappa shape index (κ2) is 6.06. The van der Waals surface area contributed by atoms with Crippen LogP contribution in [-0.2, 0) is 19.4 Å². The third-order valence-corrected chi connectivity index (χ3v) is 4.48. The molecule has 0 spiro atoms. The molecule has 1 aromatic carbocycles. The molecular weight excluding hydrogens is 268 g/mol. The quantitative estimate of drug-likeness (QED) is 0.770. The van der Waals surface area contributed by atoms with Crippen molar-refractivity contribution in [3.63, 3.8) is 0 Å². The summed E-state index contributed by atoms with van der Waals surface area (Å²) in [7, 11) is -2.18. The van der Waals surface area contributed by atoms with Gasteiger partial charge in [-0.15, -0.1) is 0 Å². The first-order valence-corrected chi connectivity index (χ1v) is 7.50. The first kappa shape index (κ1) is 15.5. The maximum Gasteiger partial charge on any atom is 0.321 e. The molecule has 1 rings (SSSR count). The van der Waals surface area contributed by atoms with Crippen LogP contribution in [0.1, 0.15) is 18.1 Å². The monoisotopic (exact) mass is 286 g/mol. The molecule has 0 bridgehead atoms. The summed E-state index contributed by atoms with van der Waals surface area (Å²) in [6.07, 6.45) is 0. The van der Waals surface area contributed by atoms with Gasteiger partial charge in [-0.05, 0) is 44.0 Å². The summed E-state index contributed by atoms with van der Waals surface area (Å²) in [6, 6.07) is 3.26. The highest BCUT2D eigenvalue weighted by Gasteiger charge is 2.24. The molecule has 1 aromatic rings. The van der Waals surface area contributed by atoms with Crippen molar-refractivity contribution in [2.45, 2.75) is 25.7 Å². The number of methoxy groups -OCH3 is 1. The Morgan fingerprint density at radius 3 is 2.16 bits per heavy atom. The molecule has 0 saturated heterocycles. The van der Waals surface area contributed by atoms with Gasteiger partial charge in [0, 0.05) is 0 Å². The summed E-state index contributed by atoms with van der Waals surface area (Å²) >= 11 is 0. The van der Waals surface area contributed by atoms with Crippen LogP contribution < -0.4 is 4.74 Å². The first-order chi connectivity index (χ1) is 8.81. The molecule has 0 unspecified atom stereocenters. The number of rotatable bonds is 5. The Balaban J connectivity index is 3.18. The van der Waals surface area contributed by atoms with Crippen LogP contribution in [0.3, 0.4) is 0 Å². The van der Waals surface area contributed by atoms with Gasteiger partial charge in [-0.1, -0.05) is 0 Å². The smallest absolute Gasteiger partial charge is 0.321 e. The molecule has 0 aromatic heterocycles. The fourth-order valence-corrected chi connectivity index (χ4v) is 3.59. The van der Waals surface area contributed by atoms with Gasteiger partial charge in [0.1, 0.15) is 5.75 Å². The van der Waals surface area contributed by atoms with Crippen molar-refractivity contribution in [1.29, 1.82) is 0 Å². The largest absolute Gasteiger partial charge is 0.497 e. The van der Waals surface area contributed by atoms with E-state index in [0.717, 1.165) is 0 Å². The molecule has 0 aliphatic heterocycles. The number of carbonyl (C=O) groups is 1. The summed E-state index contributed by atoms with van der Waals surface area (Å²) in [5.41, 5.74) is 1.11. The van der Waals surface area contributed by atoms with Crippen molar-refractivity contribution in [2.75, 3.05) is 19.5 Å². The van der Waals surface area contributed by atoms with Crippen LogP contribution in [0.25, 0.3) is 0 Å². The van der Waals surface area contributed by atoms with Crippen LogP contribution in [0.4, 0.5) is 0 Å². The lowest BCUT2D eigenvalue weighted by atomic mass is 10.1. The molecule has 5 nitrogen and oxygen atoms in total. The van der Waals surface area contributed by atoms with Crippen LogP contribution in [0, 0.1) is 13.8 Å². The number of ether oxygens (including phenoxy) is 2. The zero-order chi connectivity index (χ0) is 14.6. The summed E-state index contributed by atoms with van der Waals surface area (Å²) < 4.78 is 34.2. The van der Waals surface area contributed by atoms with E-state index in [1.165, 1.54) is 7.11 Å². The van der Waals surface area contributed by atoms with Crippen LogP contribution in [0.5, 0.6) is 5.75 Å². The standard InChI is InChI=1S/C13H18O5S/c1-5-18-12(14)8-19(15,16)13-9(2)6-11(17-4)7-10(13)3/h6-7H,5,8H2,1-4H3. The van der Waals surface area contributed by atoms with E-state index in [2.05, 4.69) is 4.74 Å². The van der Waals surface area contributed by atoms with E-state index >= 15 is 0 Å². The molecule has 19 heavy (non-hydrogen) atoms. The van der Waals surface area contributed by atoms with Crippen LogP contribution in [-0.4, -0.2) is 33.9 Å². The molecule has 0 amide bonds. The second-order valence-corrected chi connectivity index (χ2v) is 6.08. The minimum Gasteiger partial charge on any atom is -0.497 e. The maximum absolute atomic E-state index is 12.2. The van der Waals surface area contributed by atoms with Crippen molar-refractivity contribution >= 4 is 15.8 Å². The summed E-state index contributed by atoms with van der Waals surface area (Å²) in [5.74, 6) is -0.795. The van der Waals surface area contributed by atoms with Gasteiger partial charge in [-0.3, -0.25) is 4.79 Å². The van der Waals surface area contributed by atoms with Gasteiger partial charge in [0.2, 0.25) is 0 Å². The Kier molecular flexibility index (Phi) is 4.94. The second-order valence-electron chi connectivity index (χ2n) is 4.15. The normalized spacial score (nSPS) is 11.2. The van der Waals surface area contributed by atoms with Gasteiger partial charge in [-0.25, -0.2) is 8.42 Å². The molecule has 6 heteroatoms. The van der Waals surface area contributed by atoms with Crippen molar-refractivity contribution in [3.05, 3.63) is 23.3 Å². The average Bonchev–Trinajstić information content (AvgIpc) is 2.26. The Labute approximate surface area is 113 Å². The summed E-state index contributed by atoms with van der Waals surface area (Å²) in [6.45, 7) is 5.14. The van der Waals surface area contributed by atoms with Crippen molar-refractivity contribution in [3.8, 4) is 5.75 Å². The molecule has 0 fully saturated rings. The van der Waals surface area contributed by atoms with Crippen molar-refractivity contribution in [2.24, 2.45) is 0 Å². The predicted molar refractivity (Wildman–Crippen MR) is 71.2 cm³/mol. The fourth-order valence-electron chi connectivity index (χ4n) is 1.95. The Hall–Kier alpha value is -1.56. The van der Waals surface area contributed by atoms with E-state index in [1.54, 1.807) is 32.9 Å². The lowest BCUT2D eigenvalue weighted by Gasteiger charge is -2.12. The van der Waals surface area contributed by atoms with Crippen LogP contribution in [0.2, 0.25) is 0 Å². The van der Waals surface area contributed by atoms with Gasteiger partial charge >= 0.3 is 5.97 Å². The lowest BCUT2D eigenvalue weighted by Crippen LogP contribution is -2.20. The Morgan fingerprint density at radius 2 is 1.74 bits per heavy atom. The number of aryl methyl sites for hydroxylation is 2. The topological polar surface area (TPSA) is 69.7 Å². The number of sulfone groups is 1. The molecule has 106 valence electrons. The number of benzene rings is 1. The molecule has 0 N–H and O–H groups in total. The molecule has 0 aliphatic rings. The zero-order valence-electron chi connectivity index (χ0n) is 11.5. The van der Waals surface area contributed by atoms with Crippen LogP contribution >= 0.6 is 0 Å². The Bertz CT molecular complexity index is 552. The average molecular weight is 286 g/mol. The molecule has 0 radical (unpaired) electrons. The molecule has 0 heterocycles. The highest BCUT2D eigenvalue weighted by atomic mass is 32.2. The first-order valence-electron chi connectivity index (χ1n) is 5.85. The molecule has 0 atom stereocenters. The lowest BCUT2D eigenvalue weighted by molar-refractivity contribution is -0.139. The third-order valence-electron chi connectivity index (χ3n) is 2.59. The van der Waals surface area contributed by atoms with Crippen molar-refractivity contribution in [1.82, 2.24) is 0 Å². The number of carbonyl (C=O) groups excluding carboxylic acids is 1. The van der Waals surface area contributed by atoms with E-state index in [0.29, 0.717) is 16.9 Å². The number of hydrogen-bond donors (Lipinski definition) is 0. The highest BCUT2D eigenvalue weighted by Crippen LogP contribution is 2.26. The third kappa shape index (κ3) is 3.70. The fraction of sp³-hybridized carbons (Fsp3) is 0.462. The minimum atomic E-state index is -3.70. The van der Waals surface area contributed by atoms with E-state index in [9.17, 15) is 13.2 Å². The van der Waals surface area contributed by atoms with Gasteiger partial charge in [-0.2, -0.15) is 0 Å². The minimum absolute atomic E-state index is 0.162. The summed E-state index contributed by atoms with van der Waals surface area (Å²) in [4.78, 5) is 11.5. The summed E-state index contributed by atoms with van der Waals surface area (Å²) in [5, 5.41) is 0. The SMILES string of the molecule is CCOC(=O)CS(=O)(=O)c1c(C)cc(OC)cc1C. The van der Waals surface area contributed by atoms with Gasteiger partial charge in [0.25, 0.3) is 0 Å².